The summed E-state index contributed by atoms with van der Waals surface area (Å²) < 4.78 is 49.5. The normalized spacial score (nSPS) is 17.2. The lowest BCUT2D eigenvalue weighted by Crippen LogP contribution is -2.66. The molecule has 2 amide bonds. The lowest BCUT2D eigenvalue weighted by molar-refractivity contribution is -0.317. The van der Waals surface area contributed by atoms with Gasteiger partial charge in [0.05, 0.1) is 0 Å². The fourth-order valence-electron chi connectivity index (χ4n) is 1.70. The van der Waals surface area contributed by atoms with Crippen molar-refractivity contribution in [1.29, 1.82) is 0 Å². The molecule has 0 radical (unpaired) electrons. The number of alkyl halides is 3. The minimum atomic E-state index is -4.95. The van der Waals surface area contributed by atoms with E-state index in [1.165, 1.54) is 24.3 Å². The van der Waals surface area contributed by atoms with Gasteiger partial charge < -0.3 is 14.8 Å². The standard InChI is InChI=1S/C13H15F3N2O3/c1-3-8(2)17-11(19)18-13(12(14,15)16)20-9-6-4-5-7-10(9)21-13/h4-8H,3H2,1-2H3,(H2,17,18,19). The molecule has 0 fully saturated rings. The first-order valence-corrected chi connectivity index (χ1v) is 6.40. The van der Waals surface area contributed by atoms with Gasteiger partial charge in [-0.2, -0.15) is 13.2 Å². The van der Waals surface area contributed by atoms with Crippen LogP contribution >= 0.6 is 0 Å². The highest BCUT2D eigenvalue weighted by atomic mass is 19.4. The monoisotopic (exact) mass is 304 g/mol. The van der Waals surface area contributed by atoms with E-state index in [4.69, 9.17) is 9.47 Å². The summed E-state index contributed by atoms with van der Waals surface area (Å²) in [5.74, 6) is -3.38. The van der Waals surface area contributed by atoms with Gasteiger partial charge in [0.15, 0.2) is 11.5 Å². The average molecular weight is 304 g/mol. The van der Waals surface area contributed by atoms with Crippen LogP contribution in [0.15, 0.2) is 24.3 Å². The first kappa shape index (κ1) is 15.3. The van der Waals surface area contributed by atoms with Crippen LogP contribution in [0.4, 0.5) is 18.0 Å². The molecule has 0 saturated heterocycles. The molecule has 8 heteroatoms. The smallest absolute Gasteiger partial charge is 0.424 e. The van der Waals surface area contributed by atoms with Crippen molar-refractivity contribution in [3.63, 3.8) is 0 Å². The molecular formula is C13H15F3N2O3. The van der Waals surface area contributed by atoms with Crippen LogP contribution < -0.4 is 20.1 Å². The number of rotatable bonds is 3. The van der Waals surface area contributed by atoms with Gasteiger partial charge in [-0.3, -0.25) is 5.32 Å². The van der Waals surface area contributed by atoms with Crippen LogP contribution in [0, 0.1) is 0 Å². The Balaban J connectivity index is 2.20. The van der Waals surface area contributed by atoms with Gasteiger partial charge in [0, 0.05) is 6.04 Å². The zero-order valence-electron chi connectivity index (χ0n) is 11.5. The highest BCUT2D eigenvalue weighted by Crippen LogP contribution is 2.44. The molecule has 2 N–H and O–H groups in total. The maximum absolute atomic E-state index is 13.3. The maximum Gasteiger partial charge on any atom is 0.492 e. The summed E-state index contributed by atoms with van der Waals surface area (Å²) in [5, 5.41) is 4.10. The van der Waals surface area contributed by atoms with Gasteiger partial charge in [-0.1, -0.05) is 19.1 Å². The van der Waals surface area contributed by atoms with E-state index in [1.54, 1.807) is 19.2 Å². The molecule has 1 aliphatic rings. The second-order valence-corrected chi connectivity index (χ2v) is 4.67. The molecule has 1 atom stereocenters. The highest BCUT2D eigenvalue weighted by molar-refractivity contribution is 5.75. The van der Waals surface area contributed by atoms with Crippen molar-refractivity contribution in [1.82, 2.24) is 10.6 Å². The maximum atomic E-state index is 13.3. The van der Waals surface area contributed by atoms with Crippen molar-refractivity contribution in [2.45, 2.75) is 38.4 Å². The molecule has 21 heavy (non-hydrogen) atoms. The Morgan fingerprint density at radius 1 is 1.29 bits per heavy atom. The van der Waals surface area contributed by atoms with Crippen molar-refractivity contribution in [3.05, 3.63) is 24.3 Å². The highest BCUT2D eigenvalue weighted by Gasteiger charge is 2.65. The first-order valence-electron chi connectivity index (χ1n) is 6.40. The SMILES string of the molecule is CCC(C)NC(=O)NC1(C(F)(F)F)Oc2ccccc2O1. The van der Waals surface area contributed by atoms with Gasteiger partial charge in [0.2, 0.25) is 0 Å². The number of halogens is 3. The molecule has 5 nitrogen and oxygen atoms in total. The Morgan fingerprint density at radius 3 is 2.24 bits per heavy atom. The molecule has 116 valence electrons. The van der Waals surface area contributed by atoms with Gasteiger partial charge in [-0.25, -0.2) is 4.79 Å². The molecule has 1 unspecified atom stereocenters. The molecule has 1 aliphatic heterocycles. The largest absolute Gasteiger partial charge is 0.492 e. The van der Waals surface area contributed by atoms with Gasteiger partial charge in [0.1, 0.15) is 0 Å². The van der Waals surface area contributed by atoms with Crippen LogP contribution in [0.2, 0.25) is 0 Å². The number of amides is 2. The Hall–Kier alpha value is -2.12. The number of ether oxygens (including phenoxy) is 2. The number of urea groups is 1. The van der Waals surface area contributed by atoms with Crippen molar-refractivity contribution in [3.8, 4) is 11.5 Å². The van der Waals surface area contributed by atoms with Crippen LogP contribution in [-0.2, 0) is 0 Å². The van der Waals surface area contributed by atoms with Crippen LogP contribution in [0.1, 0.15) is 20.3 Å². The molecule has 2 rings (SSSR count). The lowest BCUT2D eigenvalue weighted by atomic mass is 10.3. The predicted octanol–water partition coefficient (Wildman–Crippen LogP) is 2.77. The van der Waals surface area contributed by atoms with E-state index >= 15 is 0 Å². The number of hydrogen-bond acceptors (Lipinski definition) is 3. The number of carbonyl (C=O) groups is 1. The molecule has 1 heterocycles. The number of fused-ring (bicyclic) bond motifs is 1. The van der Waals surface area contributed by atoms with E-state index in [0.29, 0.717) is 6.42 Å². The summed E-state index contributed by atoms with van der Waals surface area (Å²) in [5.41, 5.74) is 0. The fraction of sp³-hybridized carbons (Fsp3) is 0.462. The summed E-state index contributed by atoms with van der Waals surface area (Å²) in [7, 11) is 0. The fourth-order valence-corrected chi connectivity index (χ4v) is 1.70. The zero-order valence-corrected chi connectivity index (χ0v) is 11.5. The summed E-state index contributed by atoms with van der Waals surface area (Å²) in [6.45, 7) is 3.47. The minimum absolute atomic E-state index is 0.0846. The summed E-state index contributed by atoms with van der Waals surface area (Å²) in [6, 6.07) is 4.38. The summed E-state index contributed by atoms with van der Waals surface area (Å²) >= 11 is 0. The first-order chi connectivity index (χ1) is 9.77. The average Bonchev–Trinajstić information content (AvgIpc) is 2.76. The van der Waals surface area contributed by atoms with Gasteiger partial charge in [0.25, 0.3) is 0 Å². The molecule has 0 aromatic heterocycles. The Labute approximate surface area is 119 Å². The Bertz CT molecular complexity index is 509. The quantitative estimate of drug-likeness (QED) is 0.902. The van der Waals surface area contributed by atoms with Crippen LogP contribution in [0.5, 0.6) is 11.5 Å². The molecule has 1 aromatic rings. The van der Waals surface area contributed by atoms with Crippen molar-refractivity contribution >= 4 is 6.03 Å². The van der Waals surface area contributed by atoms with Crippen molar-refractivity contribution < 1.29 is 27.4 Å². The number of carbonyl (C=O) groups excluding carboxylic acids is 1. The Morgan fingerprint density at radius 2 is 1.81 bits per heavy atom. The van der Waals surface area contributed by atoms with Gasteiger partial charge >= 0.3 is 18.1 Å². The number of hydrogen-bond donors (Lipinski definition) is 2. The van der Waals surface area contributed by atoms with Crippen LogP contribution in [0.3, 0.4) is 0 Å². The third-order valence-electron chi connectivity index (χ3n) is 3.00. The van der Waals surface area contributed by atoms with Crippen LogP contribution in [0.25, 0.3) is 0 Å². The molecule has 0 spiro atoms. The molecular weight excluding hydrogens is 289 g/mol. The van der Waals surface area contributed by atoms with E-state index in [0.717, 1.165) is 0 Å². The lowest BCUT2D eigenvalue weighted by Gasteiger charge is -2.30. The summed E-state index contributed by atoms with van der Waals surface area (Å²) in [4.78, 5) is 11.7. The van der Waals surface area contributed by atoms with Gasteiger partial charge in [-0.15, -0.1) is 0 Å². The number of benzene rings is 1. The predicted molar refractivity (Wildman–Crippen MR) is 67.9 cm³/mol. The molecule has 0 saturated carbocycles. The topological polar surface area (TPSA) is 59.6 Å². The van der Waals surface area contributed by atoms with Gasteiger partial charge in [-0.05, 0) is 25.5 Å². The second-order valence-electron chi connectivity index (χ2n) is 4.67. The summed E-state index contributed by atoms with van der Waals surface area (Å²) in [6.07, 6.45) is -4.37. The Kier molecular flexibility index (Phi) is 3.89. The molecule has 1 aromatic carbocycles. The number of nitrogens with one attached hydrogen (secondary N) is 2. The minimum Gasteiger partial charge on any atom is -0.424 e. The third kappa shape index (κ3) is 2.98. The molecule has 0 aliphatic carbocycles. The van der Waals surface area contributed by atoms with E-state index in [1.807, 2.05) is 0 Å². The van der Waals surface area contributed by atoms with Crippen molar-refractivity contribution in [2.75, 3.05) is 0 Å². The second kappa shape index (κ2) is 5.34. The third-order valence-corrected chi connectivity index (χ3v) is 3.00. The van der Waals surface area contributed by atoms with E-state index in [2.05, 4.69) is 5.32 Å². The van der Waals surface area contributed by atoms with E-state index in [9.17, 15) is 18.0 Å². The van der Waals surface area contributed by atoms with E-state index in [-0.39, 0.29) is 17.5 Å². The number of para-hydroxylation sites is 2. The van der Waals surface area contributed by atoms with Crippen LogP contribution in [-0.4, -0.2) is 24.2 Å². The molecule has 0 bridgehead atoms. The van der Waals surface area contributed by atoms with E-state index < -0.39 is 18.1 Å². The zero-order chi connectivity index (χ0) is 15.7. The van der Waals surface area contributed by atoms with Crippen molar-refractivity contribution in [2.24, 2.45) is 0 Å².